The minimum absolute atomic E-state index is 0.0163. The van der Waals surface area contributed by atoms with Crippen molar-refractivity contribution in [2.24, 2.45) is 40.9 Å². The second-order valence-electron chi connectivity index (χ2n) is 15.8. The largest absolute Gasteiger partial charge is 0.359 e. The van der Waals surface area contributed by atoms with Gasteiger partial charge in [-0.3, -0.25) is 0 Å². The van der Waals surface area contributed by atoms with Crippen molar-refractivity contribution >= 4 is 0 Å². The summed E-state index contributed by atoms with van der Waals surface area (Å²) in [5, 5.41) is 0. The van der Waals surface area contributed by atoms with Gasteiger partial charge in [0.05, 0.1) is 30.5 Å². The Morgan fingerprint density at radius 1 is 0.935 bits per heavy atom. The van der Waals surface area contributed by atoms with Crippen molar-refractivity contribution in [2.75, 3.05) is 27.8 Å². The molecule has 8 heteroatoms. The molecule has 264 valence electrons. The van der Waals surface area contributed by atoms with Crippen molar-refractivity contribution in [1.82, 2.24) is 0 Å². The van der Waals surface area contributed by atoms with Crippen LogP contribution in [-0.2, 0) is 37.9 Å². The van der Waals surface area contributed by atoms with Gasteiger partial charge in [-0.2, -0.15) is 0 Å². The first-order valence-corrected chi connectivity index (χ1v) is 17.4. The number of fused-ring (bicyclic) bond motifs is 2. The van der Waals surface area contributed by atoms with Crippen LogP contribution in [0.2, 0.25) is 0 Å². The molecule has 1 saturated carbocycles. The molecule has 46 heavy (non-hydrogen) atoms. The van der Waals surface area contributed by atoms with E-state index < -0.39 is 11.6 Å². The maximum atomic E-state index is 6.56. The molecule has 2 saturated heterocycles. The van der Waals surface area contributed by atoms with Crippen LogP contribution >= 0.6 is 0 Å². The minimum Gasteiger partial charge on any atom is -0.359 e. The second-order valence-corrected chi connectivity index (χ2v) is 15.8. The third kappa shape index (κ3) is 7.70. The van der Waals surface area contributed by atoms with Gasteiger partial charge in [-0.1, -0.05) is 64.0 Å². The third-order valence-electron chi connectivity index (χ3n) is 11.1. The van der Waals surface area contributed by atoms with Gasteiger partial charge in [0.2, 0.25) is 0 Å². The summed E-state index contributed by atoms with van der Waals surface area (Å²) in [5.74, 6) is 0.183. The molecule has 0 bridgehead atoms. The quantitative estimate of drug-likeness (QED) is 0.149. The predicted molar refractivity (Wildman–Crippen MR) is 180 cm³/mol. The van der Waals surface area contributed by atoms with Gasteiger partial charge < -0.3 is 37.9 Å². The fourth-order valence-corrected chi connectivity index (χ4v) is 9.42. The molecule has 3 fully saturated rings. The Morgan fingerprint density at radius 2 is 1.57 bits per heavy atom. The summed E-state index contributed by atoms with van der Waals surface area (Å²) in [4.78, 5) is 0. The zero-order valence-corrected chi connectivity index (χ0v) is 31.0. The Balaban J connectivity index is 1.62. The van der Waals surface area contributed by atoms with E-state index >= 15 is 0 Å². The molecule has 0 aromatic carbocycles. The lowest BCUT2D eigenvalue weighted by Gasteiger charge is -2.58. The van der Waals surface area contributed by atoms with Crippen LogP contribution in [0.25, 0.3) is 0 Å². The summed E-state index contributed by atoms with van der Waals surface area (Å²) in [7, 11) is 3.34. The minimum atomic E-state index is -0.674. The number of allylic oxidation sites excluding steroid dienone is 3. The van der Waals surface area contributed by atoms with Crippen molar-refractivity contribution in [2.45, 2.75) is 137 Å². The van der Waals surface area contributed by atoms with E-state index in [0.717, 1.165) is 12.8 Å². The first kappa shape index (κ1) is 37.7. The van der Waals surface area contributed by atoms with E-state index in [1.54, 1.807) is 14.2 Å². The topological polar surface area (TPSA) is 73.8 Å². The number of methoxy groups -OCH3 is 2. The second kappa shape index (κ2) is 14.8. The maximum Gasteiger partial charge on any atom is 0.163 e. The summed E-state index contributed by atoms with van der Waals surface area (Å²) >= 11 is 0. The van der Waals surface area contributed by atoms with Crippen molar-refractivity contribution in [1.29, 1.82) is 0 Å². The molecule has 0 amide bonds. The molecule has 2 aliphatic heterocycles. The third-order valence-corrected chi connectivity index (χ3v) is 11.1. The molecule has 4 aliphatic rings. The van der Waals surface area contributed by atoms with E-state index in [9.17, 15) is 0 Å². The van der Waals surface area contributed by atoms with Gasteiger partial charge in [-0.25, -0.2) is 0 Å². The van der Waals surface area contributed by atoms with Gasteiger partial charge >= 0.3 is 0 Å². The van der Waals surface area contributed by atoms with Crippen LogP contribution in [0, 0.1) is 40.9 Å². The average Bonchev–Trinajstić information content (AvgIpc) is 3.29. The molecular weight excluding hydrogens is 584 g/mol. The summed E-state index contributed by atoms with van der Waals surface area (Å²) in [6, 6.07) is 0. The highest BCUT2D eigenvalue weighted by Gasteiger charge is 2.64. The number of hydrogen-bond donors (Lipinski definition) is 0. The van der Waals surface area contributed by atoms with Crippen LogP contribution in [0.1, 0.15) is 89.0 Å². The molecule has 4 rings (SSSR count). The molecule has 12 atom stereocenters. The van der Waals surface area contributed by atoms with Crippen molar-refractivity contribution < 1.29 is 37.9 Å². The van der Waals surface area contributed by atoms with Crippen LogP contribution < -0.4 is 0 Å². The highest BCUT2D eigenvalue weighted by Crippen LogP contribution is 2.60. The first-order chi connectivity index (χ1) is 21.5. The lowest BCUT2D eigenvalue weighted by molar-refractivity contribution is -0.329. The fraction of sp³-hybridized carbons (Fsp3) is 0.842. The van der Waals surface area contributed by atoms with Crippen molar-refractivity contribution in [3.63, 3.8) is 0 Å². The fourth-order valence-electron chi connectivity index (χ4n) is 9.42. The van der Waals surface area contributed by atoms with Crippen LogP contribution in [0.3, 0.4) is 0 Å². The van der Waals surface area contributed by atoms with E-state index in [-0.39, 0.29) is 85.2 Å². The Bertz CT molecular complexity index is 1100. The molecule has 0 radical (unpaired) electrons. The monoisotopic (exact) mass is 648 g/mol. The average molecular weight is 649 g/mol. The molecule has 2 heterocycles. The van der Waals surface area contributed by atoms with Gasteiger partial charge in [0.15, 0.2) is 11.6 Å². The van der Waals surface area contributed by atoms with Crippen LogP contribution in [-0.4, -0.2) is 76.0 Å². The highest BCUT2D eigenvalue weighted by molar-refractivity contribution is 5.33. The van der Waals surface area contributed by atoms with Gasteiger partial charge in [-0.05, 0) is 71.6 Å². The van der Waals surface area contributed by atoms with E-state index in [0.29, 0.717) is 5.92 Å². The zero-order chi connectivity index (χ0) is 34.2. The van der Waals surface area contributed by atoms with E-state index in [2.05, 4.69) is 73.3 Å². The summed E-state index contributed by atoms with van der Waals surface area (Å²) in [6.07, 6.45) is 8.11. The lowest BCUT2D eigenvalue weighted by atomic mass is 9.49. The van der Waals surface area contributed by atoms with Crippen molar-refractivity contribution in [3.05, 3.63) is 36.0 Å². The predicted octanol–water partition coefficient (Wildman–Crippen LogP) is 7.67. The Kier molecular flexibility index (Phi) is 12.1. The highest BCUT2D eigenvalue weighted by atomic mass is 16.8. The van der Waals surface area contributed by atoms with E-state index in [1.807, 2.05) is 27.7 Å². The van der Waals surface area contributed by atoms with Gasteiger partial charge in [0.1, 0.15) is 19.7 Å². The number of hydrogen-bond acceptors (Lipinski definition) is 8. The van der Waals surface area contributed by atoms with Crippen molar-refractivity contribution in [3.8, 4) is 0 Å². The molecular formula is C38H64O8. The number of ether oxygens (including phenoxy) is 8. The standard InChI is InChI=1S/C38H64O8/c1-15-28-30(23(4)16-17-27(41-20-39-13)18-29-25(6)32(22(2)3)44-36(8,9)43-29)24(5)19-38(12)31(28)26(7)33-34(35(38)42-21-40-14)46-37(10,11)45-33/h15-16,19,22,25-35H,1,17-18,20-21H2,2-14H3/b23-16+/t25-,26+,27-,28-,29+,30+,31+,32-,33-,34-,35+,38-/m0/s1. The van der Waals surface area contributed by atoms with E-state index in [4.69, 9.17) is 37.9 Å². The van der Waals surface area contributed by atoms with Crippen LogP contribution in [0.5, 0.6) is 0 Å². The Morgan fingerprint density at radius 3 is 2.17 bits per heavy atom. The molecule has 2 aliphatic carbocycles. The summed E-state index contributed by atoms with van der Waals surface area (Å²) in [5.41, 5.74) is 2.35. The smallest absolute Gasteiger partial charge is 0.163 e. The zero-order valence-electron chi connectivity index (χ0n) is 31.0. The molecule has 8 nitrogen and oxygen atoms in total. The first-order valence-electron chi connectivity index (χ1n) is 17.4. The summed E-state index contributed by atoms with van der Waals surface area (Å²) in [6.45, 7) is 28.7. The molecule has 0 aromatic rings. The summed E-state index contributed by atoms with van der Waals surface area (Å²) < 4.78 is 49.4. The molecule has 0 N–H and O–H groups in total. The van der Waals surface area contributed by atoms with Crippen LogP contribution in [0.4, 0.5) is 0 Å². The normalized spacial score (nSPS) is 41.1. The Labute approximate surface area is 279 Å². The van der Waals surface area contributed by atoms with E-state index in [1.165, 1.54) is 11.1 Å². The SMILES string of the molecule is C=C[C@@H]1[C@H]2[C@@H](C)[C@@H]3OC(C)(C)O[C@@H]3[C@@H](OCOC)[C@@]2(C)C=C(C)[C@H]1/C(C)=C/C[C@@H](C[C@H]1OC(C)(C)O[C@@H](C(C)C)[C@H]1C)OCOC. The lowest BCUT2D eigenvalue weighted by Crippen LogP contribution is -2.63. The molecule has 0 unspecified atom stereocenters. The molecule has 0 spiro atoms. The van der Waals surface area contributed by atoms with Gasteiger partial charge in [-0.15, -0.1) is 6.58 Å². The number of rotatable bonds is 13. The molecule has 0 aromatic heterocycles. The van der Waals surface area contributed by atoms with Crippen LogP contribution in [0.15, 0.2) is 36.0 Å². The van der Waals surface area contributed by atoms with Gasteiger partial charge in [0, 0.05) is 37.9 Å². The Hall–Kier alpha value is -1.10. The van der Waals surface area contributed by atoms with Gasteiger partial charge in [0.25, 0.3) is 0 Å². The maximum absolute atomic E-state index is 6.56.